The second-order valence-corrected chi connectivity index (χ2v) is 4.77. The lowest BCUT2D eigenvalue weighted by Gasteiger charge is -2.06. The quantitative estimate of drug-likeness (QED) is 0.372. The number of fused-ring (bicyclic) bond motifs is 1. The Morgan fingerprint density at radius 3 is 2.70 bits per heavy atom. The van der Waals surface area contributed by atoms with E-state index in [1.165, 1.54) is 5.56 Å². The van der Waals surface area contributed by atoms with E-state index in [0.717, 1.165) is 22.3 Å². The second kappa shape index (κ2) is 5.11. The molecule has 0 radical (unpaired) electrons. The molecule has 0 N–H and O–H groups in total. The van der Waals surface area contributed by atoms with Gasteiger partial charge >= 0.3 is 0 Å². The van der Waals surface area contributed by atoms with Crippen LogP contribution >= 0.6 is 0 Å². The molecule has 0 aliphatic rings. The number of hydrogen-bond acceptors (Lipinski definition) is 1. The van der Waals surface area contributed by atoms with Crippen LogP contribution in [0.3, 0.4) is 0 Å². The van der Waals surface area contributed by atoms with Crippen LogP contribution in [0.15, 0.2) is 59.8 Å². The molecule has 98 valence electrons. The summed E-state index contributed by atoms with van der Waals surface area (Å²) in [6.07, 6.45) is 2.03. The topological polar surface area (TPSA) is 53.2 Å². The third-order valence-electron chi connectivity index (χ3n) is 3.39. The van der Waals surface area contributed by atoms with Gasteiger partial charge in [0.05, 0.1) is 12.2 Å². The van der Waals surface area contributed by atoms with Crippen LogP contribution in [-0.4, -0.2) is 4.40 Å². The van der Waals surface area contributed by atoms with Crippen LogP contribution < -0.4 is 0 Å². The minimum atomic E-state index is 0.362. The van der Waals surface area contributed by atoms with Gasteiger partial charge in [0.1, 0.15) is 0 Å². The molecule has 0 aliphatic heterocycles. The third-order valence-corrected chi connectivity index (χ3v) is 3.39. The SMILES string of the molecule is Cc1ccc(-c2c(CN=[N+]=[N-])cc3ccccn23)cc1. The van der Waals surface area contributed by atoms with Crippen LogP contribution in [0, 0.1) is 6.92 Å². The molecule has 0 spiro atoms. The summed E-state index contributed by atoms with van der Waals surface area (Å²) in [6, 6.07) is 16.5. The van der Waals surface area contributed by atoms with E-state index in [2.05, 4.69) is 57.7 Å². The monoisotopic (exact) mass is 262 g/mol. The predicted octanol–water partition coefficient (Wildman–Crippen LogP) is 4.73. The molecular weight excluding hydrogens is 248 g/mol. The Balaban J connectivity index is 2.24. The number of azide groups is 1. The van der Waals surface area contributed by atoms with Gasteiger partial charge in [-0.3, -0.25) is 0 Å². The maximum absolute atomic E-state index is 8.55. The van der Waals surface area contributed by atoms with E-state index in [-0.39, 0.29) is 0 Å². The number of pyridine rings is 1. The first kappa shape index (κ1) is 12.3. The van der Waals surface area contributed by atoms with Gasteiger partial charge in [-0.15, -0.1) is 0 Å². The average Bonchev–Trinajstić information content (AvgIpc) is 2.84. The maximum atomic E-state index is 8.55. The van der Waals surface area contributed by atoms with Crippen LogP contribution in [0.25, 0.3) is 27.2 Å². The van der Waals surface area contributed by atoms with Crippen LogP contribution in [-0.2, 0) is 6.54 Å². The first-order valence-electron chi connectivity index (χ1n) is 6.46. The van der Waals surface area contributed by atoms with Gasteiger partial charge in [0.25, 0.3) is 0 Å². The molecule has 0 amide bonds. The fourth-order valence-corrected chi connectivity index (χ4v) is 2.44. The maximum Gasteiger partial charge on any atom is 0.0561 e. The van der Waals surface area contributed by atoms with Gasteiger partial charge in [-0.05, 0) is 41.8 Å². The Kier molecular flexibility index (Phi) is 3.15. The first-order chi connectivity index (χ1) is 9.79. The molecule has 0 saturated carbocycles. The van der Waals surface area contributed by atoms with Gasteiger partial charge in [-0.1, -0.05) is 41.0 Å². The summed E-state index contributed by atoms with van der Waals surface area (Å²) in [5.41, 5.74) is 14.1. The zero-order valence-electron chi connectivity index (χ0n) is 11.2. The van der Waals surface area contributed by atoms with Crippen molar-refractivity contribution in [2.75, 3.05) is 0 Å². The molecule has 0 saturated heterocycles. The first-order valence-corrected chi connectivity index (χ1v) is 6.46. The zero-order chi connectivity index (χ0) is 13.9. The molecule has 0 aliphatic carbocycles. The van der Waals surface area contributed by atoms with E-state index in [1.807, 2.05) is 18.3 Å². The number of nitrogens with zero attached hydrogens (tertiary/aromatic N) is 4. The number of aryl methyl sites for hydroxylation is 1. The number of hydrogen-bond donors (Lipinski definition) is 0. The van der Waals surface area contributed by atoms with Crippen molar-refractivity contribution in [1.29, 1.82) is 0 Å². The smallest absolute Gasteiger partial charge is 0.0561 e. The molecule has 4 heteroatoms. The number of benzene rings is 1. The molecule has 3 rings (SSSR count). The van der Waals surface area contributed by atoms with Gasteiger partial charge in [-0.25, -0.2) is 0 Å². The molecule has 0 fully saturated rings. The summed E-state index contributed by atoms with van der Waals surface area (Å²) < 4.78 is 2.13. The molecule has 1 aromatic carbocycles. The highest BCUT2D eigenvalue weighted by atomic mass is 15.1. The Morgan fingerprint density at radius 2 is 1.95 bits per heavy atom. The van der Waals surface area contributed by atoms with Gasteiger partial charge in [0.2, 0.25) is 0 Å². The van der Waals surface area contributed by atoms with E-state index >= 15 is 0 Å². The summed E-state index contributed by atoms with van der Waals surface area (Å²) >= 11 is 0. The van der Waals surface area contributed by atoms with E-state index in [4.69, 9.17) is 5.53 Å². The zero-order valence-corrected chi connectivity index (χ0v) is 11.2. The summed E-state index contributed by atoms with van der Waals surface area (Å²) in [5.74, 6) is 0. The van der Waals surface area contributed by atoms with E-state index in [9.17, 15) is 0 Å². The van der Waals surface area contributed by atoms with Crippen molar-refractivity contribution in [2.24, 2.45) is 5.11 Å². The molecule has 2 aromatic heterocycles. The molecule has 0 atom stereocenters. The minimum Gasteiger partial charge on any atom is -0.316 e. The number of aromatic nitrogens is 1. The van der Waals surface area contributed by atoms with E-state index in [0.29, 0.717) is 6.54 Å². The summed E-state index contributed by atoms with van der Waals surface area (Å²) in [7, 11) is 0. The third kappa shape index (κ3) is 2.13. The van der Waals surface area contributed by atoms with Gasteiger partial charge in [0, 0.05) is 16.6 Å². The minimum absolute atomic E-state index is 0.362. The predicted molar refractivity (Wildman–Crippen MR) is 80.4 cm³/mol. The Morgan fingerprint density at radius 1 is 1.15 bits per heavy atom. The highest BCUT2D eigenvalue weighted by Crippen LogP contribution is 2.28. The molecular formula is C16H14N4. The van der Waals surface area contributed by atoms with Crippen LogP contribution in [0.2, 0.25) is 0 Å². The lowest BCUT2D eigenvalue weighted by Crippen LogP contribution is -1.90. The highest BCUT2D eigenvalue weighted by molar-refractivity contribution is 5.71. The van der Waals surface area contributed by atoms with E-state index in [1.54, 1.807) is 0 Å². The fraction of sp³-hybridized carbons (Fsp3) is 0.125. The second-order valence-electron chi connectivity index (χ2n) is 4.77. The largest absolute Gasteiger partial charge is 0.316 e. The molecule has 20 heavy (non-hydrogen) atoms. The lowest BCUT2D eigenvalue weighted by atomic mass is 10.1. The molecule has 0 bridgehead atoms. The summed E-state index contributed by atoms with van der Waals surface area (Å²) in [5, 5.41) is 3.71. The number of rotatable bonds is 3. The lowest BCUT2D eigenvalue weighted by molar-refractivity contribution is 1.04. The fourth-order valence-electron chi connectivity index (χ4n) is 2.44. The normalized spacial score (nSPS) is 10.4. The summed E-state index contributed by atoms with van der Waals surface area (Å²) in [6.45, 7) is 2.43. The molecule has 0 unspecified atom stereocenters. The standard InChI is InChI=1S/C16H14N4/c1-12-5-7-13(8-6-12)16-14(11-18-19-17)10-15-4-2-3-9-20(15)16/h2-10H,11H2,1H3. The van der Waals surface area contributed by atoms with Crippen molar-refractivity contribution in [3.05, 3.63) is 76.3 Å². The molecule has 2 heterocycles. The Bertz CT molecular complexity index is 793. The summed E-state index contributed by atoms with van der Waals surface area (Å²) in [4.78, 5) is 2.87. The van der Waals surface area contributed by atoms with Gasteiger partial charge in [0.15, 0.2) is 0 Å². The Labute approximate surface area is 116 Å². The van der Waals surface area contributed by atoms with E-state index < -0.39 is 0 Å². The average molecular weight is 262 g/mol. The molecule has 4 nitrogen and oxygen atoms in total. The van der Waals surface area contributed by atoms with Gasteiger partial charge < -0.3 is 4.40 Å². The van der Waals surface area contributed by atoms with Crippen molar-refractivity contribution in [2.45, 2.75) is 13.5 Å². The van der Waals surface area contributed by atoms with Crippen LogP contribution in [0.1, 0.15) is 11.1 Å². The molecule has 3 aromatic rings. The van der Waals surface area contributed by atoms with Crippen molar-refractivity contribution in [3.63, 3.8) is 0 Å². The van der Waals surface area contributed by atoms with Crippen molar-refractivity contribution in [3.8, 4) is 11.3 Å². The Hall–Kier alpha value is -2.71. The highest BCUT2D eigenvalue weighted by Gasteiger charge is 2.11. The van der Waals surface area contributed by atoms with Gasteiger partial charge in [-0.2, -0.15) is 0 Å². The van der Waals surface area contributed by atoms with Crippen LogP contribution in [0.4, 0.5) is 0 Å². The van der Waals surface area contributed by atoms with Crippen molar-refractivity contribution < 1.29 is 0 Å². The van der Waals surface area contributed by atoms with Crippen molar-refractivity contribution >= 4 is 5.52 Å². The van der Waals surface area contributed by atoms with Crippen molar-refractivity contribution in [1.82, 2.24) is 4.40 Å². The van der Waals surface area contributed by atoms with Crippen LogP contribution in [0.5, 0.6) is 0 Å².